The van der Waals surface area contributed by atoms with E-state index in [0.717, 1.165) is 48.1 Å². The predicted octanol–water partition coefficient (Wildman–Crippen LogP) is 2.23. The van der Waals surface area contributed by atoms with Gasteiger partial charge < -0.3 is 5.84 Å². The summed E-state index contributed by atoms with van der Waals surface area (Å²) in [5.74, 6) is 6.03. The maximum absolute atomic E-state index is 6.03. The van der Waals surface area contributed by atoms with E-state index >= 15 is 0 Å². The molecule has 0 fully saturated rings. The normalized spacial score (nSPS) is 12.9. The van der Waals surface area contributed by atoms with Crippen LogP contribution in [0.15, 0.2) is 41.2 Å². The van der Waals surface area contributed by atoms with Gasteiger partial charge in [0.1, 0.15) is 12.5 Å². The smallest absolute Gasteiger partial charge is 0.152 e. The second kappa shape index (κ2) is 9.70. The molecule has 7 heteroatoms. The quantitative estimate of drug-likeness (QED) is 0.403. The van der Waals surface area contributed by atoms with Crippen LogP contribution in [-0.4, -0.2) is 32.7 Å². The summed E-state index contributed by atoms with van der Waals surface area (Å²) < 4.78 is 3.43. The number of nitrogens with two attached hydrogens (primary N) is 1. The Labute approximate surface area is 155 Å². The third-order valence-electron chi connectivity index (χ3n) is 4.25. The number of nitrogens with zero attached hydrogens (tertiary/aromatic N) is 6. The van der Waals surface area contributed by atoms with Crippen molar-refractivity contribution in [2.45, 2.75) is 52.1 Å². The van der Waals surface area contributed by atoms with E-state index in [1.165, 1.54) is 4.68 Å². The fourth-order valence-electron chi connectivity index (χ4n) is 3.05. The fourth-order valence-corrected chi connectivity index (χ4v) is 3.05. The molecule has 0 amide bonds. The van der Waals surface area contributed by atoms with E-state index in [0.29, 0.717) is 13.0 Å². The van der Waals surface area contributed by atoms with E-state index in [1.807, 2.05) is 23.7 Å². The summed E-state index contributed by atoms with van der Waals surface area (Å²) >= 11 is 0. The van der Waals surface area contributed by atoms with Crippen molar-refractivity contribution in [3.63, 3.8) is 0 Å². The average Bonchev–Trinajstić information content (AvgIpc) is 3.10. The highest BCUT2D eigenvalue weighted by molar-refractivity contribution is 5.24. The Morgan fingerprint density at radius 1 is 1.31 bits per heavy atom. The van der Waals surface area contributed by atoms with Crippen LogP contribution in [0.1, 0.15) is 49.8 Å². The molecule has 7 nitrogen and oxygen atoms in total. The van der Waals surface area contributed by atoms with Crippen molar-refractivity contribution in [1.29, 1.82) is 0 Å². The molecule has 0 radical (unpaired) electrons. The van der Waals surface area contributed by atoms with Gasteiger partial charge in [0.25, 0.3) is 0 Å². The molecule has 1 unspecified atom stereocenters. The van der Waals surface area contributed by atoms with Gasteiger partial charge in [-0.2, -0.15) is 5.10 Å². The zero-order valence-electron chi connectivity index (χ0n) is 15.8. The van der Waals surface area contributed by atoms with Gasteiger partial charge in [-0.25, -0.2) is 14.3 Å². The van der Waals surface area contributed by atoms with E-state index in [4.69, 9.17) is 5.84 Å². The monoisotopic (exact) mass is 355 g/mol. The lowest BCUT2D eigenvalue weighted by Gasteiger charge is -2.15. The number of rotatable bonds is 10. The highest BCUT2D eigenvalue weighted by atomic mass is 15.3. The molecule has 2 N–H and O–H groups in total. The van der Waals surface area contributed by atoms with E-state index in [-0.39, 0.29) is 6.17 Å². The molecule has 0 aromatic carbocycles. The van der Waals surface area contributed by atoms with E-state index in [1.54, 1.807) is 12.5 Å². The first-order valence-corrected chi connectivity index (χ1v) is 9.10. The molecule has 26 heavy (non-hydrogen) atoms. The second-order valence-electron chi connectivity index (χ2n) is 6.08. The fraction of sp³-hybridized carbons (Fsp3) is 0.474. The summed E-state index contributed by atoms with van der Waals surface area (Å²) in [6.07, 6.45) is 9.40. The molecule has 0 bridgehead atoms. The van der Waals surface area contributed by atoms with Crippen molar-refractivity contribution in [2.75, 3.05) is 12.4 Å². The Bertz CT molecular complexity index is 800. The highest BCUT2D eigenvalue weighted by Crippen LogP contribution is 2.17. The van der Waals surface area contributed by atoms with Crippen LogP contribution in [0, 0.1) is 0 Å². The van der Waals surface area contributed by atoms with Crippen LogP contribution in [0.4, 0.5) is 0 Å². The van der Waals surface area contributed by atoms with E-state index in [9.17, 15) is 0 Å². The Morgan fingerprint density at radius 2 is 2.12 bits per heavy atom. The van der Waals surface area contributed by atoms with Crippen LogP contribution < -0.4 is 11.3 Å². The van der Waals surface area contributed by atoms with Gasteiger partial charge in [-0.15, -0.1) is 6.58 Å². The topological polar surface area (TPSA) is 86.4 Å². The molecule has 0 aliphatic heterocycles. The van der Waals surface area contributed by atoms with Crippen molar-refractivity contribution in [1.82, 2.24) is 19.4 Å². The van der Waals surface area contributed by atoms with E-state index in [2.05, 4.69) is 40.3 Å². The van der Waals surface area contributed by atoms with Gasteiger partial charge in [0.05, 0.1) is 0 Å². The minimum Gasteiger partial charge on any atom is -0.336 e. The third-order valence-corrected chi connectivity index (χ3v) is 4.25. The van der Waals surface area contributed by atoms with Gasteiger partial charge in [-0.3, -0.25) is 9.98 Å². The third kappa shape index (κ3) is 4.47. The molecule has 140 valence electrons. The zero-order valence-corrected chi connectivity index (χ0v) is 15.8. The largest absolute Gasteiger partial charge is 0.336 e. The SMILES string of the molecule is C=CCC(N=C)n1nccc1CCc1ncn(N)c(=NCC)c1CCC. The maximum Gasteiger partial charge on any atom is 0.152 e. The van der Waals surface area contributed by atoms with E-state index < -0.39 is 0 Å². The first-order valence-electron chi connectivity index (χ1n) is 9.10. The zero-order chi connectivity index (χ0) is 18.9. The Hall–Kier alpha value is -2.70. The van der Waals surface area contributed by atoms with Crippen LogP contribution in [0.3, 0.4) is 0 Å². The molecule has 0 saturated carbocycles. The van der Waals surface area contributed by atoms with Gasteiger partial charge >= 0.3 is 0 Å². The lowest BCUT2D eigenvalue weighted by molar-refractivity contribution is 0.461. The van der Waals surface area contributed by atoms with Gasteiger partial charge in [0.2, 0.25) is 0 Å². The highest BCUT2D eigenvalue weighted by Gasteiger charge is 2.14. The molecule has 2 aromatic heterocycles. The minimum atomic E-state index is -0.117. The van der Waals surface area contributed by atoms with Gasteiger partial charge in [-0.1, -0.05) is 19.4 Å². The molecule has 0 saturated heterocycles. The summed E-state index contributed by atoms with van der Waals surface area (Å²) in [6, 6.07) is 2.02. The minimum absolute atomic E-state index is 0.117. The summed E-state index contributed by atoms with van der Waals surface area (Å²) in [4.78, 5) is 13.3. The van der Waals surface area contributed by atoms with Gasteiger partial charge in [0, 0.05) is 36.1 Å². The van der Waals surface area contributed by atoms with Crippen LogP contribution in [-0.2, 0) is 19.3 Å². The van der Waals surface area contributed by atoms with Crippen molar-refractivity contribution >= 4 is 6.72 Å². The van der Waals surface area contributed by atoms with Gasteiger partial charge in [-0.05, 0) is 39.0 Å². The lowest BCUT2D eigenvalue weighted by atomic mass is 10.0. The van der Waals surface area contributed by atoms with Crippen molar-refractivity contribution in [2.24, 2.45) is 9.98 Å². The number of aryl methyl sites for hydroxylation is 2. The predicted molar refractivity (Wildman–Crippen MR) is 106 cm³/mol. The molecule has 0 spiro atoms. The summed E-state index contributed by atoms with van der Waals surface area (Å²) in [5.41, 5.74) is 4.10. The number of aliphatic imine (C=N–C) groups is 1. The number of aromatic nitrogens is 4. The second-order valence-corrected chi connectivity index (χ2v) is 6.08. The van der Waals surface area contributed by atoms with Crippen molar-refractivity contribution < 1.29 is 0 Å². The summed E-state index contributed by atoms with van der Waals surface area (Å²) in [6.45, 7) is 12.3. The first kappa shape index (κ1) is 19.6. The lowest BCUT2D eigenvalue weighted by Crippen LogP contribution is -2.33. The molecular formula is C19H29N7. The molecule has 2 heterocycles. The Kier molecular flexibility index (Phi) is 7.32. The number of nitrogen functional groups attached to an aromatic ring is 1. The summed E-state index contributed by atoms with van der Waals surface area (Å²) in [7, 11) is 0. The van der Waals surface area contributed by atoms with Crippen molar-refractivity contribution in [3.05, 3.63) is 53.7 Å². The Balaban J connectivity index is 2.30. The maximum atomic E-state index is 6.03. The number of hydrogen-bond acceptors (Lipinski definition) is 5. The molecule has 0 aliphatic carbocycles. The van der Waals surface area contributed by atoms with Crippen LogP contribution in [0.5, 0.6) is 0 Å². The first-order chi connectivity index (χ1) is 12.7. The standard InChI is InChI=1S/C19H29N7/c1-5-8-16-17(23-14-25(20)19(16)22-7-3)11-10-15-12-13-24-26(15)18(21-4)9-6-2/h6,12-14,18H,2,4-5,7-11,20H2,1,3H3. The average molecular weight is 355 g/mol. The van der Waals surface area contributed by atoms with Crippen LogP contribution in [0.2, 0.25) is 0 Å². The van der Waals surface area contributed by atoms with Gasteiger partial charge in [0.15, 0.2) is 5.49 Å². The molecular weight excluding hydrogens is 326 g/mol. The Morgan fingerprint density at radius 3 is 2.77 bits per heavy atom. The molecule has 2 aromatic rings. The van der Waals surface area contributed by atoms with Crippen LogP contribution in [0.25, 0.3) is 0 Å². The summed E-state index contributed by atoms with van der Waals surface area (Å²) in [5, 5.41) is 4.41. The molecule has 0 aliphatic rings. The van der Waals surface area contributed by atoms with Crippen LogP contribution >= 0.6 is 0 Å². The molecule has 1 atom stereocenters. The number of hydrogen-bond donors (Lipinski definition) is 1. The van der Waals surface area contributed by atoms with Crippen molar-refractivity contribution in [3.8, 4) is 0 Å². The molecule has 2 rings (SSSR count).